The highest BCUT2D eigenvalue weighted by Gasteiger charge is 2.22. The fourth-order valence-corrected chi connectivity index (χ4v) is 7.66. The summed E-state index contributed by atoms with van der Waals surface area (Å²) in [4.78, 5) is 15.6. The molecule has 0 saturated heterocycles. The molecule has 10 aromatic rings. The molecule has 0 saturated carbocycles. The molecule has 50 heavy (non-hydrogen) atoms. The molecule has 0 bridgehead atoms. The number of hydrogen-bond donors (Lipinski definition) is 0. The van der Waals surface area contributed by atoms with E-state index in [0.29, 0.717) is 17.5 Å². The Balaban J connectivity index is 1.36. The van der Waals surface area contributed by atoms with Gasteiger partial charge in [0.05, 0.1) is 0 Å². The number of nitrogens with zero attached hydrogens (tertiary/aromatic N) is 3. The first-order chi connectivity index (χ1) is 24.8. The van der Waals surface area contributed by atoms with Gasteiger partial charge in [0.25, 0.3) is 0 Å². The van der Waals surface area contributed by atoms with Crippen LogP contribution >= 0.6 is 0 Å². The molecule has 0 fully saturated rings. The van der Waals surface area contributed by atoms with Crippen molar-refractivity contribution in [3.63, 3.8) is 0 Å². The first kappa shape index (κ1) is 28.3. The van der Waals surface area contributed by atoms with Crippen molar-refractivity contribution in [2.24, 2.45) is 0 Å². The first-order valence-electron chi connectivity index (χ1n) is 17.0. The van der Waals surface area contributed by atoms with E-state index in [2.05, 4.69) is 140 Å². The van der Waals surface area contributed by atoms with E-state index in [1.807, 2.05) is 36.4 Å². The summed E-state index contributed by atoms with van der Waals surface area (Å²) >= 11 is 0. The van der Waals surface area contributed by atoms with E-state index >= 15 is 0 Å². The van der Waals surface area contributed by atoms with Crippen LogP contribution in [0.5, 0.6) is 0 Å². The summed E-state index contributed by atoms with van der Waals surface area (Å²) in [6.07, 6.45) is 0. The Labute approximate surface area is 289 Å². The Hall–Kier alpha value is -6.71. The number of fused-ring (bicyclic) bond motifs is 9. The maximum absolute atomic E-state index is 5.27. The molecule has 0 unspecified atom stereocenters. The van der Waals surface area contributed by atoms with Crippen molar-refractivity contribution in [2.45, 2.75) is 0 Å². The van der Waals surface area contributed by atoms with Crippen molar-refractivity contribution in [1.82, 2.24) is 15.0 Å². The lowest BCUT2D eigenvalue weighted by molar-refractivity contribution is 1.08. The van der Waals surface area contributed by atoms with Gasteiger partial charge in [0.2, 0.25) is 0 Å². The van der Waals surface area contributed by atoms with E-state index in [9.17, 15) is 0 Å². The summed E-state index contributed by atoms with van der Waals surface area (Å²) < 4.78 is 0. The summed E-state index contributed by atoms with van der Waals surface area (Å²) in [7, 11) is 0. The van der Waals surface area contributed by atoms with Gasteiger partial charge in [0.15, 0.2) is 17.5 Å². The lowest BCUT2D eigenvalue weighted by Crippen LogP contribution is -2.02. The predicted molar refractivity (Wildman–Crippen MR) is 209 cm³/mol. The molecule has 232 valence electrons. The van der Waals surface area contributed by atoms with Crippen molar-refractivity contribution in [1.29, 1.82) is 0 Å². The SMILES string of the molecule is c1ccc(-c2nc(-c3ccccc3)nc(-c3c(-c4ccc5c6ccccc6c6ccccc6c5c4)c4ccccc4c4ccccc34)n2)cc1. The lowest BCUT2D eigenvalue weighted by atomic mass is 9.86. The maximum atomic E-state index is 5.27. The van der Waals surface area contributed by atoms with E-state index in [1.165, 1.54) is 43.1 Å². The van der Waals surface area contributed by atoms with Gasteiger partial charge in [-0.25, -0.2) is 15.0 Å². The third kappa shape index (κ3) is 4.48. The molecule has 9 aromatic carbocycles. The highest BCUT2D eigenvalue weighted by molar-refractivity contribution is 6.27. The molecule has 3 nitrogen and oxygen atoms in total. The second kappa shape index (κ2) is 11.5. The van der Waals surface area contributed by atoms with Gasteiger partial charge in [-0.1, -0.05) is 170 Å². The summed E-state index contributed by atoms with van der Waals surface area (Å²) in [5.74, 6) is 1.94. The fourth-order valence-electron chi connectivity index (χ4n) is 7.66. The molecule has 0 atom stereocenters. The Kier molecular flexibility index (Phi) is 6.49. The topological polar surface area (TPSA) is 38.7 Å². The van der Waals surface area contributed by atoms with E-state index in [0.717, 1.165) is 38.6 Å². The maximum Gasteiger partial charge on any atom is 0.165 e. The van der Waals surface area contributed by atoms with Crippen LogP contribution < -0.4 is 0 Å². The highest BCUT2D eigenvalue weighted by Crippen LogP contribution is 2.46. The van der Waals surface area contributed by atoms with Crippen LogP contribution in [-0.4, -0.2) is 15.0 Å². The molecule has 10 rings (SSSR count). The van der Waals surface area contributed by atoms with Gasteiger partial charge >= 0.3 is 0 Å². The molecule has 1 aromatic heterocycles. The van der Waals surface area contributed by atoms with Crippen LogP contribution in [0.1, 0.15) is 0 Å². The fraction of sp³-hybridized carbons (Fsp3) is 0. The molecule has 0 spiro atoms. The number of aromatic nitrogens is 3. The van der Waals surface area contributed by atoms with E-state index in [-0.39, 0.29) is 0 Å². The standard InChI is InChI=1S/C47H29N3/c1-3-15-30(16-4-1)45-48-46(31-17-5-2-6-18-31)50-47(49-45)44-41-26-14-12-23-37(41)36-22-11-13-25-40(36)43(44)32-27-28-39-35-21-8-7-19-33(35)34-20-9-10-24-38(34)42(39)29-32/h1-29H. The van der Waals surface area contributed by atoms with Gasteiger partial charge in [-0.2, -0.15) is 0 Å². The van der Waals surface area contributed by atoms with Crippen molar-refractivity contribution in [2.75, 3.05) is 0 Å². The lowest BCUT2D eigenvalue weighted by Gasteiger charge is -2.19. The van der Waals surface area contributed by atoms with Gasteiger partial charge in [0.1, 0.15) is 0 Å². The van der Waals surface area contributed by atoms with Crippen LogP contribution in [-0.2, 0) is 0 Å². The highest BCUT2D eigenvalue weighted by atomic mass is 15.0. The second-order valence-corrected chi connectivity index (χ2v) is 12.7. The normalized spacial score (nSPS) is 11.6. The van der Waals surface area contributed by atoms with E-state index in [4.69, 9.17) is 15.0 Å². The zero-order chi connectivity index (χ0) is 33.0. The van der Waals surface area contributed by atoms with Crippen LogP contribution in [0.15, 0.2) is 176 Å². The zero-order valence-corrected chi connectivity index (χ0v) is 27.1. The van der Waals surface area contributed by atoms with Gasteiger partial charge < -0.3 is 0 Å². The van der Waals surface area contributed by atoms with Crippen molar-refractivity contribution in [3.05, 3.63) is 176 Å². The minimum Gasteiger partial charge on any atom is -0.208 e. The quantitative estimate of drug-likeness (QED) is 0.181. The Morgan fingerprint density at radius 3 is 1.04 bits per heavy atom. The van der Waals surface area contributed by atoms with Crippen molar-refractivity contribution >= 4 is 53.9 Å². The van der Waals surface area contributed by atoms with Gasteiger partial charge in [-0.3, -0.25) is 0 Å². The minimum atomic E-state index is 0.647. The van der Waals surface area contributed by atoms with Crippen molar-refractivity contribution < 1.29 is 0 Å². The van der Waals surface area contributed by atoms with Gasteiger partial charge in [-0.15, -0.1) is 0 Å². The molecule has 3 heteroatoms. The van der Waals surface area contributed by atoms with Crippen LogP contribution in [0.2, 0.25) is 0 Å². The molecule has 0 amide bonds. The largest absolute Gasteiger partial charge is 0.208 e. The molecule has 1 heterocycles. The predicted octanol–water partition coefficient (Wildman–Crippen LogP) is 12.3. The minimum absolute atomic E-state index is 0.647. The monoisotopic (exact) mass is 635 g/mol. The molecule has 0 N–H and O–H groups in total. The van der Waals surface area contributed by atoms with E-state index in [1.54, 1.807) is 0 Å². The molecule has 0 aliphatic carbocycles. The summed E-state index contributed by atoms with van der Waals surface area (Å²) in [6.45, 7) is 0. The van der Waals surface area contributed by atoms with Crippen molar-refractivity contribution in [3.8, 4) is 45.3 Å². The third-order valence-corrected chi connectivity index (χ3v) is 9.89. The molecule has 0 aliphatic heterocycles. The molecular formula is C47H29N3. The van der Waals surface area contributed by atoms with Crippen LogP contribution in [0.3, 0.4) is 0 Å². The third-order valence-electron chi connectivity index (χ3n) is 9.89. The number of rotatable bonds is 4. The molecular weight excluding hydrogens is 607 g/mol. The van der Waals surface area contributed by atoms with Gasteiger partial charge in [-0.05, 0) is 65.5 Å². The Morgan fingerprint density at radius 2 is 0.560 bits per heavy atom. The second-order valence-electron chi connectivity index (χ2n) is 12.7. The number of benzene rings is 9. The molecule has 0 aliphatic rings. The van der Waals surface area contributed by atoms with Crippen LogP contribution in [0, 0.1) is 0 Å². The van der Waals surface area contributed by atoms with Crippen LogP contribution in [0.4, 0.5) is 0 Å². The average Bonchev–Trinajstić information content (AvgIpc) is 3.21. The smallest absolute Gasteiger partial charge is 0.165 e. The Morgan fingerprint density at radius 1 is 0.220 bits per heavy atom. The van der Waals surface area contributed by atoms with Crippen LogP contribution in [0.25, 0.3) is 99.2 Å². The summed E-state index contributed by atoms with van der Waals surface area (Å²) in [5.41, 5.74) is 5.13. The Bertz CT molecular complexity index is 2820. The number of hydrogen-bond acceptors (Lipinski definition) is 3. The zero-order valence-electron chi connectivity index (χ0n) is 27.1. The molecule has 0 radical (unpaired) electrons. The average molecular weight is 636 g/mol. The van der Waals surface area contributed by atoms with E-state index < -0.39 is 0 Å². The van der Waals surface area contributed by atoms with Gasteiger partial charge in [0, 0.05) is 22.3 Å². The first-order valence-corrected chi connectivity index (χ1v) is 17.0. The summed E-state index contributed by atoms with van der Waals surface area (Å²) in [6, 6.07) is 62.2. The summed E-state index contributed by atoms with van der Waals surface area (Å²) in [5, 5.41) is 12.1.